The molecule has 4 nitrogen and oxygen atoms in total. The van der Waals surface area contributed by atoms with Gasteiger partial charge >= 0.3 is 0 Å². The average molecular weight is 209 g/mol. The molecule has 0 amide bonds. The van der Waals surface area contributed by atoms with Gasteiger partial charge in [-0.1, -0.05) is 0 Å². The number of hydrogen-bond acceptors (Lipinski definition) is 4. The monoisotopic (exact) mass is 209 g/mol. The summed E-state index contributed by atoms with van der Waals surface area (Å²) < 4.78 is 10.3. The lowest BCUT2D eigenvalue weighted by Gasteiger charge is -2.29. The van der Waals surface area contributed by atoms with E-state index in [1.54, 1.807) is 12.5 Å². The van der Waals surface area contributed by atoms with Crippen LogP contribution in [0.3, 0.4) is 0 Å². The number of carbonyl (C=O) groups excluding carboxylic acids is 1. The maximum atomic E-state index is 11.9. The van der Waals surface area contributed by atoms with Crippen molar-refractivity contribution in [1.82, 2.24) is 5.32 Å². The predicted octanol–water partition coefficient (Wildman–Crippen LogP) is 0.768. The first-order valence-corrected chi connectivity index (χ1v) is 5.16. The second-order valence-corrected chi connectivity index (χ2v) is 3.78. The van der Waals surface area contributed by atoms with E-state index in [-0.39, 0.29) is 17.9 Å². The molecule has 1 aliphatic rings. The summed E-state index contributed by atoms with van der Waals surface area (Å²) in [6.07, 6.45) is 3.54. The van der Waals surface area contributed by atoms with Crippen molar-refractivity contribution in [1.29, 1.82) is 0 Å². The molecular weight excluding hydrogens is 194 g/mol. The fourth-order valence-electron chi connectivity index (χ4n) is 1.80. The van der Waals surface area contributed by atoms with Crippen molar-refractivity contribution in [3.05, 3.63) is 24.2 Å². The van der Waals surface area contributed by atoms with Crippen molar-refractivity contribution < 1.29 is 13.9 Å². The Bertz CT molecular complexity index is 321. The summed E-state index contributed by atoms with van der Waals surface area (Å²) in [4.78, 5) is 11.9. The molecule has 1 saturated heterocycles. The highest BCUT2D eigenvalue weighted by Crippen LogP contribution is 2.09. The summed E-state index contributed by atoms with van der Waals surface area (Å²) in [6.45, 7) is 3.34. The van der Waals surface area contributed by atoms with Crippen molar-refractivity contribution >= 4 is 5.78 Å². The van der Waals surface area contributed by atoms with Crippen LogP contribution in [0.2, 0.25) is 0 Å². The van der Waals surface area contributed by atoms with Crippen LogP contribution in [0.4, 0.5) is 0 Å². The second-order valence-electron chi connectivity index (χ2n) is 3.78. The van der Waals surface area contributed by atoms with Gasteiger partial charge in [0.1, 0.15) is 0 Å². The van der Waals surface area contributed by atoms with E-state index >= 15 is 0 Å². The van der Waals surface area contributed by atoms with Gasteiger partial charge in [-0.25, -0.2) is 0 Å². The third kappa shape index (κ3) is 2.46. The molecule has 2 heterocycles. The van der Waals surface area contributed by atoms with Crippen LogP contribution < -0.4 is 5.32 Å². The molecule has 82 valence electrons. The molecule has 0 radical (unpaired) electrons. The minimum absolute atomic E-state index is 0.0434. The lowest BCUT2D eigenvalue weighted by atomic mass is 10.0. The fraction of sp³-hybridized carbons (Fsp3) is 0.545. The Balaban J connectivity index is 1.95. The van der Waals surface area contributed by atoms with Gasteiger partial charge in [0, 0.05) is 13.0 Å². The first-order valence-electron chi connectivity index (χ1n) is 5.16. The van der Waals surface area contributed by atoms with E-state index in [0.717, 1.165) is 12.1 Å². The van der Waals surface area contributed by atoms with Crippen LogP contribution in [-0.2, 0) is 16.0 Å². The Morgan fingerprint density at radius 1 is 1.67 bits per heavy atom. The Labute approximate surface area is 88.6 Å². The highest BCUT2D eigenvalue weighted by Gasteiger charge is 2.27. The van der Waals surface area contributed by atoms with Crippen LogP contribution >= 0.6 is 0 Å². The highest BCUT2D eigenvalue weighted by molar-refractivity contribution is 5.86. The second kappa shape index (κ2) is 4.59. The Hall–Kier alpha value is -1.13. The molecule has 2 rings (SSSR count). The lowest BCUT2D eigenvalue weighted by molar-refractivity contribution is -0.126. The summed E-state index contributed by atoms with van der Waals surface area (Å²) in [5.74, 6) is 0.156. The number of nitrogens with one attached hydrogen (secondary N) is 1. The molecule has 0 aliphatic carbocycles. The Morgan fingerprint density at radius 2 is 2.53 bits per heavy atom. The van der Waals surface area contributed by atoms with Gasteiger partial charge in [-0.2, -0.15) is 0 Å². The standard InChI is InChI=1S/C11H15NO3/c1-8-11(12-3-5-15-8)10(13)6-9-2-4-14-7-9/h2,4,7-8,11-12H,3,5-6H2,1H3. The number of hydrogen-bond donors (Lipinski definition) is 1. The van der Waals surface area contributed by atoms with Gasteiger partial charge in [0.15, 0.2) is 5.78 Å². The molecule has 0 aromatic carbocycles. The van der Waals surface area contributed by atoms with Crippen molar-refractivity contribution in [3.63, 3.8) is 0 Å². The normalized spacial score (nSPS) is 26.5. The number of Topliss-reactive ketones (excluding diaryl/α,β-unsaturated/α-hetero) is 1. The number of furan rings is 1. The highest BCUT2D eigenvalue weighted by atomic mass is 16.5. The molecule has 1 N–H and O–H groups in total. The van der Waals surface area contributed by atoms with Gasteiger partial charge in [0.2, 0.25) is 0 Å². The topological polar surface area (TPSA) is 51.5 Å². The van der Waals surface area contributed by atoms with Gasteiger partial charge in [-0.15, -0.1) is 0 Å². The van der Waals surface area contributed by atoms with Crippen molar-refractivity contribution in [2.24, 2.45) is 0 Å². The van der Waals surface area contributed by atoms with Gasteiger partial charge in [0.25, 0.3) is 0 Å². The largest absolute Gasteiger partial charge is 0.472 e. The molecular formula is C11H15NO3. The van der Waals surface area contributed by atoms with Crippen LogP contribution in [0.25, 0.3) is 0 Å². The molecule has 2 unspecified atom stereocenters. The molecule has 0 bridgehead atoms. The van der Waals surface area contributed by atoms with Gasteiger partial charge in [-0.3, -0.25) is 4.79 Å². The van der Waals surface area contributed by atoms with Crippen molar-refractivity contribution in [2.75, 3.05) is 13.2 Å². The zero-order valence-corrected chi connectivity index (χ0v) is 8.73. The zero-order chi connectivity index (χ0) is 10.7. The summed E-state index contributed by atoms with van der Waals surface area (Å²) >= 11 is 0. The molecule has 1 aromatic rings. The van der Waals surface area contributed by atoms with Crippen molar-refractivity contribution in [2.45, 2.75) is 25.5 Å². The average Bonchev–Trinajstić information content (AvgIpc) is 2.71. The van der Waals surface area contributed by atoms with E-state index in [9.17, 15) is 4.79 Å². The van der Waals surface area contributed by atoms with Crippen LogP contribution in [0, 0.1) is 0 Å². The van der Waals surface area contributed by atoms with E-state index < -0.39 is 0 Å². The number of carbonyl (C=O) groups is 1. The first kappa shape index (κ1) is 10.4. The minimum Gasteiger partial charge on any atom is -0.472 e. The predicted molar refractivity (Wildman–Crippen MR) is 54.6 cm³/mol. The summed E-state index contributed by atoms with van der Waals surface area (Å²) in [7, 11) is 0. The third-order valence-corrected chi connectivity index (χ3v) is 2.62. The smallest absolute Gasteiger partial charge is 0.156 e. The quantitative estimate of drug-likeness (QED) is 0.798. The third-order valence-electron chi connectivity index (χ3n) is 2.62. The first-order chi connectivity index (χ1) is 7.27. The number of ketones is 1. The maximum Gasteiger partial charge on any atom is 0.156 e. The molecule has 2 atom stereocenters. The van der Waals surface area contributed by atoms with E-state index in [1.807, 2.05) is 13.0 Å². The Morgan fingerprint density at radius 3 is 3.20 bits per heavy atom. The number of morpholine rings is 1. The molecule has 15 heavy (non-hydrogen) atoms. The van der Waals surface area contributed by atoms with Gasteiger partial charge in [0.05, 0.1) is 31.3 Å². The van der Waals surface area contributed by atoms with E-state index in [2.05, 4.69) is 5.32 Å². The summed E-state index contributed by atoms with van der Waals surface area (Å²) in [5.41, 5.74) is 0.916. The SMILES string of the molecule is CC1OCCNC1C(=O)Cc1ccoc1. The fourth-order valence-corrected chi connectivity index (χ4v) is 1.80. The van der Waals surface area contributed by atoms with Crippen molar-refractivity contribution in [3.8, 4) is 0 Å². The molecule has 1 aromatic heterocycles. The van der Waals surface area contributed by atoms with Gasteiger partial charge < -0.3 is 14.5 Å². The molecule has 4 heteroatoms. The van der Waals surface area contributed by atoms with Crippen LogP contribution in [0.15, 0.2) is 23.0 Å². The van der Waals surface area contributed by atoms with E-state index in [1.165, 1.54) is 0 Å². The summed E-state index contributed by atoms with van der Waals surface area (Å²) in [6, 6.07) is 1.63. The lowest BCUT2D eigenvalue weighted by Crippen LogP contribution is -2.52. The maximum absolute atomic E-state index is 11.9. The van der Waals surface area contributed by atoms with E-state index in [0.29, 0.717) is 13.0 Å². The Kier molecular flexibility index (Phi) is 3.18. The van der Waals surface area contributed by atoms with Crippen LogP contribution in [0.1, 0.15) is 12.5 Å². The van der Waals surface area contributed by atoms with Crippen LogP contribution in [-0.4, -0.2) is 31.1 Å². The number of ether oxygens (including phenoxy) is 1. The molecule has 0 spiro atoms. The molecule has 1 fully saturated rings. The van der Waals surface area contributed by atoms with Gasteiger partial charge in [-0.05, 0) is 18.6 Å². The molecule has 0 saturated carbocycles. The minimum atomic E-state index is -0.186. The van der Waals surface area contributed by atoms with E-state index in [4.69, 9.17) is 9.15 Å². The summed E-state index contributed by atoms with van der Waals surface area (Å²) in [5, 5.41) is 3.18. The molecule has 1 aliphatic heterocycles. The zero-order valence-electron chi connectivity index (χ0n) is 8.73. The number of rotatable bonds is 3. The van der Waals surface area contributed by atoms with Crippen LogP contribution in [0.5, 0.6) is 0 Å².